The number of benzene rings is 1. The van der Waals surface area contributed by atoms with Gasteiger partial charge in [0.25, 0.3) is 0 Å². The van der Waals surface area contributed by atoms with E-state index in [1.54, 1.807) is 0 Å². The summed E-state index contributed by atoms with van der Waals surface area (Å²) in [6.45, 7) is 0.815. The number of H-pyrrole nitrogens is 1. The summed E-state index contributed by atoms with van der Waals surface area (Å²) >= 11 is 1.49. The van der Waals surface area contributed by atoms with E-state index >= 15 is 0 Å². The molecule has 0 unspecified atom stereocenters. The van der Waals surface area contributed by atoms with Crippen molar-refractivity contribution in [3.8, 4) is 11.4 Å². The molecule has 2 aliphatic carbocycles. The molecule has 6 nitrogen and oxygen atoms in total. The van der Waals surface area contributed by atoms with Gasteiger partial charge in [-0.05, 0) is 37.7 Å². The highest BCUT2D eigenvalue weighted by atomic mass is 32.2. The first kappa shape index (κ1) is 15.9. The van der Waals surface area contributed by atoms with Crippen LogP contribution in [0, 0.1) is 5.92 Å². The minimum atomic E-state index is 0.0842. The van der Waals surface area contributed by atoms with Crippen LogP contribution in [-0.4, -0.2) is 38.0 Å². The van der Waals surface area contributed by atoms with Crippen molar-refractivity contribution in [2.75, 3.05) is 12.3 Å². The Kier molecular flexibility index (Phi) is 3.96. The summed E-state index contributed by atoms with van der Waals surface area (Å²) in [7, 11) is 0. The van der Waals surface area contributed by atoms with Crippen LogP contribution >= 0.6 is 11.8 Å². The van der Waals surface area contributed by atoms with Crippen LogP contribution in [0.5, 0.6) is 0 Å². The number of hydrogen-bond donors (Lipinski definition) is 2. The molecule has 2 N–H and O–H groups in total. The van der Waals surface area contributed by atoms with E-state index in [2.05, 4.69) is 37.2 Å². The highest BCUT2D eigenvalue weighted by Crippen LogP contribution is 2.42. The molecule has 0 saturated heterocycles. The van der Waals surface area contributed by atoms with Crippen molar-refractivity contribution in [3.05, 3.63) is 30.5 Å². The molecule has 1 aromatic carbocycles. The molecule has 5 rings (SSSR count). The predicted molar refractivity (Wildman–Crippen MR) is 102 cm³/mol. The zero-order valence-corrected chi connectivity index (χ0v) is 15.3. The zero-order chi connectivity index (χ0) is 17.5. The lowest BCUT2D eigenvalue weighted by atomic mass is 10.1. The van der Waals surface area contributed by atoms with E-state index in [0.29, 0.717) is 17.7 Å². The number of carbonyl (C=O) groups excluding carboxylic acids is 1. The molecular weight excluding hydrogens is 346 g/mol. The highest BCUT2D eigenvalue weighted by Gasteiger charge is 2.31. The molecule has 2 aliphatic rings. The summed E-state index contributed by atoms with van der Waals surface area (Å²) in [5.41, 5.74) is 2.17. The lowest BCUT2D eigenvalue weighted by Crippen LogP contribution is -2.27. The van der Waals surface area contributed by atoms with Gasteiger partial charge in [0.1, 0.15) is 0 Å². The third kappa shape index (κ3) is 3.11. The zero-order valence-electron chi connectivity index (χ0n) is 14.4. The lowest BCUT2D eigenvalue weighted by molar-refractivity contribution is -0.118. The minimum Gasteiger partial charge on any atom is -0.360 e. The van der Waals surface area contributed by atoms with Crippen LogP contribution in [-0.2, 0) is 4.79 Å². The van der Waals surface area contributed by atoms with Crippen LogP contribution in [0.2, 0.25) is 0 Å². The molecule has 134 valence electrons. The molecule has 2 saturated carbocycles. The van der Waals surface area contributed by atoms with E-state index in [1.807, 2.05) is 18.3 Å². The minimum absolute atomic E-state index is 0.0842. The number of aromatic amines is 1. The maximum absolute atomic E-state index is 12.1. The Balaban J connectivity index is 1.38. The van der Waals surface area contributed by atoms with E-state index in [9.17, 15) is 4.79 Å². The molecule has 26 heavy (non-hydrogen) atoms. The number of nitrogens with zero attached hydrogens (tertiary/aromatic N) is 3. The van der Waals surface area contributed by atoms with Crippen LogP contribution in [0.15, 0.2) is 35.6 Å². The Morgan fingerprint density at radius 1 is 1.23 bits per heavy atom. The van der Waals surface area contributed by atoms with Crippen molar-refractivity contribution in [3.63, 3.8) is 0 Å². The average molecular weight is 367 g/mol. The van der Waals surface area contributed by atoms with Crippen LogP contribution in [0.25, 0.3) is 22.3 Å². The van der Waals surface area contributed by atoms with Gasteiger partial charge in [0.05, 0.1) is 5.75 Å². The van der Waals surface area contributed by atoms with Gasteiger partial charge in [-0.3, -0.25) is 9.36 Å². The molecule has 0 atom stereocenters. The fraction of sp³-hybridized carbons (Fsp3) is 0.421. The van der Waals surface area contributed by atoms with Gasteiger partial charge >= 0.3 is 0 Å². The summed E-state index contributed by atoms with van der Waals surface area (Å²) in [6.07, 6.45) is 6.79. The average Bonchev–Trinajstić information content (AvgIpc) is 3.59. The number of rotatable bonds is 7. The van der Waals surface area contributed by atoms with E-state index in [-0.39, 0.29) is 5.91 Å². The van der Waals surface area contributed by atoms with Crippen molar-refractivity contribution in [2.45, 2.75) is 36.9 Å². The van der Waals surface area contributed by atoms with Crippen molar-refractivity contribution < 1.29 is 4.79 Å². The van der Waals surface area contributed by atoms with Gasteiger partial charge in [0, 0.05) is 35.2 Å². The number of thioether (sulfide) groups is 1. The van der Waals surface area contributed by atoms with Gasteiger partial charge in [0.15, 0.2) is 11.0 Å². The molecule has 2 heterocycles. The summed E-state index contributed by atoms with van der Waals surface area (Å²) in [6, 6.07) is 8.68. The molecule has 3 aromatic rings. The Morgan fingerprint density at radius 2 is 2.08 bits per heavy atom. The lowest BCUT2D eigenvalue weighted by Gasteiger charge is -2.08. The fourth-order valence-corrected chi connectivity index (χ4v) is 4.07. The molecule has 0 bridgehead atoms. The van der Waals surface area contributed by atoms with Gasteiger partial charge in [-0.25, -0.2) is 0 Å². The maximum atomic E-state index is 12.1. The Labute approximate surface area is 155 Å². The van der Waals surface area contributed by atoms with Crippen molar-refractivity contribution in [1.29, 1.82) is 0 Å². The summed E-state index contributed by atoms with van der Waals surface area (Å²) in [4.78, 5) is 15.4. The molecule has 1 amide bonds. The largest absolute Gasteiger partial charge is 0.360 e. The molecule has 7 heteroatoms. The second-order valence-electron chi connectivity index (χ2n) is 7.19. The molecule has 2 fully saturated rings. The smallest absolute Gasteiger partial charge is 0.230 e. The first-order chi connectivity index (χ1) is 12.8. The molecule has 2 aromatic heterocycles. The topological polar surface area (TPSA) is 75.6 Å². The summed E-state index contributed by atoms with van der Waals surface area (Å²) < 4.78 is 2.22. The quantitative estimate of drug-likeness (QED) is 0.628. The first-order valence-electron chi connectivity index (χ1n) is 9.20. The van der Waals surface area contributed by atoms with E-state index in [0.717, 1.165) is 46.8 Å². The van der Waals surface area contributed by atoms with E-state index in [4.69, 9.17) is 0 Å². The third-order valence-electron chi connectivity index (χ3n) is 5.02. The van der Waals surface area contributed by atoms with Gasteiger partial charge in [-0.2, -0.15) is 0 Å². The Hall–Kier alpha value is -2.28. The maximum Gasteiger partial charge on any atom is 0.230 e. The third-order valence-corrected chi connectivity index (χ3v) is 5.97. The fourth-order valence-electron chi connectivity index (χ4n) is 3.24. The van der Waals surface area contributed by atoms with Crippen molar-refractivity contribution in [2.24, 2.45) is 5.92 Å². The monoisotopic (exact) mass is 367 g/mol. The summed E-state index contributed by atoms with van der Waals surface area (Å²) in [5, 5.41) is 13.9. The number of nitrogens with one attached hydrogen (secondary N) is 2. The predicted octanol–water partition coefficient (Wildman–Crippen LogP) is 3.38. The standard InChI is InChI=1S/C19H21N5OS/c25-17(21-9-12-5-6-12)11-26-19-23-22-18(24(19)13-7-8-13)15-10-20-16-4-2-1-3-14(15)16/h1-4,10,12-13,20H,5-9,11H2,(H,21,25). The normalized spacial score (nSPS) is 16.9. The second-order valence-corrected chi connectivity index (χ2v) is 8.13. The highest BCUT2D eigenvalue weighted by molar-refractivity contribution is 7.99. The van der Waals surface area contributed by atoms with Crippen LogP contribution < -0.4 is 5.32 Å². The Bertz CT molecular complexity index is 954. The van der Waals surface area contributed by atoms with Crippen LogP contribution in [0.1, 0.15) is 31.7 Å². The number of hydrogen-bond acceptors (Lipinski definition) is 4. The Morgan fingerprint density at radius 3 is 2.88 bits per heavy atom. The van der Waals surface area contributed by atoms with Gasteiger partial charge in [0.2, 0.25) is 5.91 Å². The number of amides is 1. The van der Waals surface area contributed by atoms with E-state index < -0.39 is 0 Å². The second kappa shape index (κ2) is 6.46. The number of carbonyl (C=O) groups is 1. The van der Waals surface area contributed by atoms with Crippen molar-refractivity contribution >= 4 is 28.6 Å². The summed E-state index contributed by atoms with van der Waals surface area (Å²) in [5.74, 6) is 2.07. The molecule has 0 radical (unpaired) electrons. The number of fused-ring (bicyclic) bond motifs is 1. The first-order valence-corrected chi connectivity index (χ1v) is 10.2. The molecular formula is C19H21N5OS. The molecule has 0 aliphatic heterocycles. The number of para-hydroxylation sites is 1. The van der Waals surface area contributed by atoms with Crippen LogP contribution in [0.4, 0.5) is 0 Å². The SMILES string of the molecule is O=C(CSc1nnc(-c2c[nH]c3ccccc23)n1C1CC1)NCC1CC1. The number of aromatic nitrogens is 4. The van der Waals surface area contributed by atoms with E-state index in [1.165, 1.54) is 24.6 Å². The van der Waals surface area contributed by atoms with Gasteiger partial charge in [-0.15, -0.1) is 10.2 Å². The molecule has 0 spiro atoms. The van der Waals surface area contributed by atoms with Gasteiger partial charge < -0.3 is 10.3 Å². The van der Waals surface area contributed by atoms with Crippen molar-refractivity contribution in [1.82, 2.24) is 25.1 Å². The van der Waals surface area contributed by atoms with Crippen LogP contribution in [0.3, 0.4) is 0 Å². The van der Waals surface area contributed by atoms with Gasteiger partial charge in [-0.1, -0.05) is 30.0 Å².